The number of carbonyl (C=O) groups excluding carboxylic acids is 1. The lowest BCUT2D eigenvalue weighted by Crippen LogP contribution is -2.31. The number of amides is 1. The van der Waals surface area contributed by atoms with Gasteiger partial charge < -0.3 is 5.32 Å². The predicted molar refractivity (Wildman–Crippen MR) is 121 cm³/mol. The number of benzene rings is 2. The smallest absolute Gasteiger partial charge is 0.241 e. The Kier molecular flexibility index (Phi) is 7.70. The molecule has 0 aliphatic heterocycles. The van der Waals surface area contributed by atoms with Crippen LogP contribution >= 0.6 is 27.3 Å². The van der Waals surface area contributed by atoms with Gasteiger partial charge in [0.2, 0.25) is 21.1 Å². The molecule has 30 heavy (non-hydrogen) atoms. The molecule has 1 unspecified atom stereocenters. The molecule has 2 N–H and O–H groups in total. The van der Waals surface area contributed by atoms with E-state index >= 15 is 0 Å². The van der Waals surface area contributed by atoms with Crippen LogP contribution in [0.25, 0.3) is 0 Å². The number of nitrogens with one attached hydrogen (secondary N) is 2. The van der Waals surface area contributed by atoms with E-state index in [1.165, 1.54) is 23.5 Å². The van der Waals surface area contributed by atoms with Crippen LogP contribution in [0.5, 0.6) is 0 Å². The Morgan fingerprint density at radius 1 is 1.10 bits per heavy atom. The summed E-state index contributed by atoms with van der Waals surface area (Å²) in [7, 11) is -3.82. The number of aryl methyl sites for hydroxylation is 1. The molecule has 0 aliphatic rings. The van der Waals surface area contributed by atoms with Gasteiger partial charge in [-0.3, -0.25) is 4.79 Å². The van der Waals surface area contributed by atoms with Crippen LogP contribution in [0, 0.1) is 0 Å². The normalized spacial score (nSPS) is 12.5. The van der Waals surface area contributed by atoms with E-state index in [0.29, 0.717) is 10.7 Å². The minimum Gasteiger partial charge on any atom is -0.300 e. The highest BCUT2D eigenvalue weighted by molar-refractivity contribution is 9.10. The first-order valence-electron chi connectivity index (χ1n) is 9.32. The largest absolute Gasteiger partial charge is 0.300 e. The van der Waals surface area contributed by atoms with E-state index in [1.54, 1.807) is 36.4 Å². The Morgan fingerprint density at radius 2 is 1.80 bits per heavy atom. The summed E-state index contributed by atoms with van der Waals surface area (Å²) >= 11 is 4.62. The standard InChI is InChI=1S/C20H21BrN4O3S2/c1-2-6-19-23-24-20(29-19)22-18(26)13-17(14-7-4-3-5-8-14)25-30(27,28)16-11-9-15(21)10-12-16/h3-5,7-12,17,25H,2,6,13H2,1H3,(H,22,24,26). The molecule has 1 aromatic heterocycles. The number of carbonyl (C=O) groups is 1. The summed E-state index contributed by atoms with van der Waals surface area (Å²) in [5.74, 6) is -0.346. The van der Waals surface area contributed by atoms with Crippen LogP contribution in [0.15, 0.2) is 64.0 Å². The topological polar surface area (TPSA) is 101 Å². The zero-order valence-electron chi connectivity index (χ0n) is 16.2. The number of hydrogen-bond acceptors (Lipinski definition) is 6. The van der Waals surface area contributed by atoms with Crippen molar-refractivity contribution in [3.8, 4) is 0 Å². The Labute approximate surface area is 188 Å². The van der Waals surface area contributed by atoms with E-state index in [0.717, 1.165) is 22.3 Å². The molecule has 3 aromatic rings. The van der Waals surface area contributed by atoms with Crippen molar-refractivity contribution < 1.29 is 13.2 Å². The van der Waals surface area contributed by atoms with Crippen molar-refractivity contribution in [3.63, 3.8) is 0 Å². The number of rotatable bonds is 9. The Bertz CT molecular complexity index is 1090. The van der Waals surface area contributed by atoms with Crippen molar-refractivity contribution in [1.82, 2.24) is 14.9 Å². The van der Waals surface area contributed by atoms with Gasteiger partial charge in [0.1, 0.15) is 5.01 Å². The third kappa shape index (κ3) is 6.18. The summed E-state index contributed by atoms with van der Waals surface area (Å²) in [6.07, 6.45) is 1.66. The average Bonchev–Trinajstić information content (AvgIpc) is 3.15. The second-order valence-electron chi connectivity index (χ2n) is 6.54. The highest BCUT2D eigenvalue weighted by Crippen LogP contribution is 2.23. The number of anilines is 1. The van der Waals surface area contributed by atoms with Crippen LogP contribution < -0.4 is 10.0 Å². The summed E-state index contributed by atoms with van der Waals surface area (Å²) in [6, 6.07) is 14.6. The van der Waals surface area contributed by atoms with Gasteiger partial charge in [-0.2, -0.15) is 0 Å². The molecule has 0 aliphatic carbocycles. The maximum atomic E-state index is 12.9. The van der Waals surface area contributed by atoms with Crippen LogP contribution in [0.2, 0.25) is 0 Å². The van der Waals surface area contributed by atoms with Gasteiger partial charge in [0.25, 0.3) is 0 Å². The zero-order valence-corrected chi connectivity index (χ0v) is 19.4. The van der Waals surface area contributed by atoms with Crippen LogP contribution in [0.3, 0.4) is 0 Å². The molecule has 0 saturated carbocycles. The van der Waals surface area contributed by atoms with Gasteiger partial charge in [0.05, 0.1) is 10.9 Å². The summed E-state index contributed by atoms with van der Waals surface area (Å²) in [4.78, 5) is 12.7. The van der Waals surface area contributed by atoms with Crippen molar-refractivity contribution >= 4 is 48.3 Å². The van der Waals surface area contributed by atoms with E-state index in [2.05, 4.69) is 36.2 Å². The molecule has 1 atom stereocenters. The van der Waals surface area contributed by atoms with Gasteiger partial charge in [0.15, 0.2) is 0 Å². The average molecular weight is 509 g/mol. The third-order valence-electron chi connectivity index (χ3n) is 4.19. The van der Waals surface area contributed by atoms with Crippen molar-refractivity contribution in [3.05, 3.63) is 69.6 Å². The fraction of sp³-hybridized carbons (Fsp3) is 0.250. The molecule has 0 spiro atoms. The van der Waals surface area contributed by atoms with Crippen LogP contribution in [-0.2, 0) is 21.2 Å². The first-order chi connectivity index (χ1) is 14.4. The van der Waals surface area contributed by atoms with Gasteiger partial charge in [-0.15, -0.1) is 10.2 Å². The highest BCUT2D eigenvalue weighted by Gasteiger charge is 2.24. The summed E-state index contributed by atoms with van der Waals surface area (Å²) in [6.45, 7) is 2.04. The molecule has 0 bridgehead atoms. The van der Waals surface area contributed by atoms with E-state index in [1.807, 2.05) is 13.0 Å². The minimum atomic E-state index is -3.82. The first kappa shape index (κ1) is 22.5. The van der Waals surface area contributed by atoms with Gasteiger partial charge in [0, 0.05) is 17.3 Å². The van der Waals surface area contributed by atoms with E-state index in [-0.39, 0.29) is 17.2 Å². The lowest BCUT2D eigenvalue weighted by molar-refractivity contribution is -0.116. The Hall–Kier alpha value is -2.14. The predicted octanol–water partition coefficient (Wildman–Crippen LogP) is 4.30. The lowest BCUT2D eigenvalue weighted by Gasteiger charge is -2.19. The van der Waals surface area contributed by atoms with E-state index in [4.69, 9.17) is 0 Å². The molecule has 7 nitrogen and oxygen atoms in total. The molecule has 1 heterocycles. The quantitative estimate of drug-likeness (QED) is 0.448. The summed E-state index contributed by atoms with van der Waals surface area (Å²) < 4.78 is 29.2. The monoisotopic (exact) mass is 508 g/mol. The van der Waals surface area contributed by atoms with Gasteiger partial charge >= 0.3 is 0 Å². The summed E-state index contributed by atoms with van der Waals surface area (Å²) in [5.41, 5.74) is 0.692. The fourth-order valence-electron chi connectivity index (χ4n) is 2.76. The maximum absolute atomic E-state index is 12.9. The van der Waals surface area contributed by atoms with Gasteiger partial charge in [-0.1, -0.05) is 64.5 Å². The zero-order chi connectivity index (χ0) is 21.6. The number of nitrogens with zero attached hydrogens (tertiary/aromatic N) is 2. The second kappa shape index (κ2) is 10.3. The molecule has 0 saturated heterocycles. The lowest BCUT2D eigenvalue weighted by atomic mass is 10.0. The Balaban J connectivity index is 1.77. The van der Waals surface area contributed by atoms with Crippen LogP contribution in [0.1, 0.15) is 36.4 Å². The van der Waals surface area contributed by atoms with Crippen molar-refractivity contribution in [2.24, 2.45) is 0 Å². The van der Waals surface area contributed by atoms with E-state index in [9.17, 15) is 13.2 Å². The molecular weight excluding hydrogens is 488 g/mol. The Morgan fingerprint density at radius 3 is 2.47 bits per heavy atom. The highest BCUT2D eigenvalue weighted by atomic mass is 79.9. The maximum Gasteiger partial charge on any atom is 0.241 e. The van der Waals surface area contributed by atoms with Crippen molar-refractivity contribution in [1.29, 1.82) is 0 Å². The van der Waals surface area contributed by atoms with Crippen molar-refractivity contribution in [2.45, 2.75) is 37.1 Å². The molecule has 1 amide bonds. The molecule has 158 valence electrons. The van der Waals surface area contributed by atoms with Crippen molar-refractivity contribution in [2.75, 3.05) is 5.32 Å². The molecule has 0 radical (unpaired) electrons. The van der Waals surface area contributed by atoms with Crippen LogP contribution in [0.4, 0.5) is 5.13 Å². The number of halogens is 1. The molecule has 0 fully saturated rings. The van der Waals surface area contributed by atoms with Crippen LogP contribution in [-0.4, -0.2) is 24.5 Å². The molecular formula is C20H21BrN4O3S2. The van der Waals surface area contributed by atoms with E-state index < -0.39 is 16.1 Å². The molecule has 2 aromatic carbocycles. The number of sulfonamides is 1. The minimum absolute atomic E-state index is 0.0809. The van der Waals surface area contributed by atoms with Gasteiger partial charge in [-0.05, 0) is 36.2 Å². The summed E-state index contributed by atoms with van der Waals surface area (Å²) in [5, 5.41) is 12.0. The second-order valence-corrected chi connectivity index (χ2v) is 10.2. The molecule has 10 heteroatoms. The third-order valence-corrected chi connectivity index (χ3v) is 7.10. The van der Waals surface area contributed by atoms with Gasteiger partial charge in [-0.25, -0.2) is 13.1 Å². The molecule has 3 rings (SSSR count). The SMILES string of the molecule is CCCc1nnc(NC(=O)CC(NS(=O)(=O)c2ccc(Br)cc2)c2ccccc2)s1. The first-order valence-corrected chi connectivity index (χ1v) is 12.4. The number of aromatic nitrogens is 2. The fourth-order valence-corrected chi connectivity index (χ4v) is 5.10. The number of hydrogen-bond donors (Lipinski definition) is 2.